The molecule has 1 aliphatic heterocycles. The molecule has 0 radical (unpaired) electrons. The van der Waals surface area contributed by atoms with Gasteiger partial charge in [-0.05, 0) is 6.92 Å². The number of morpholine rings is 1. The summed E-state index contributed by atoms with van der Waals surface area (Å²) in [5, 5.41) is 17.8. The van der Waals surface area contributed by atoms with E-state index in [-0.39, 0.29) is 6.54 Å². The lowest BCUT2D eigenvalue weighted by atomic mass is 10.3. The number of carboxylic acid groups (broad SMARTS) is 1. The summed E-state index contributed by atoms with van der Waals surface area (Å²) >= 11 is 0. The molecule has 0 bridgehead atoms. The van der Waals surface area contributed by atoms with Crippen LogP contribution in [0.5, 0.6) is 0 Å². The van der Waals surface area contributed by atoms with Gasteiger partial charge in [-0.25, -0.2) is 4.79 Å². The van der Waals surface area contributed by atoms with Crippen LogP contribution in [0, 0.1) is 0 Å². The van der Waals surface area contributed by atoms with Gasteiger partial charge in [0.2, 0.25) is 0 Å². The van der Waals surface area contributed by atoms with Gasteiger partial charge in [0.15, 0.2) is 6.23 Å². The summed E-state index contributed by atoms with van der Waals surface area (Å²) in [4.78, 5) is 11.4. The Bertz CT molecular complexity index is 161. The van der Waals surface area contributed by atoms with Crippen molar-refractivity contribution in [3.63, 3.8) is 0 Å². The monoisotopic (exact) mass is 161 g/mol. The highest BCUT2D eigenvalue weighted by Crippen LogP contribution is 2.10. The molecule has 5 nitrogen and oxygen atoms in total. The van der Waals surface area contributed by atoms with Crippen molar-refractivity contribution in [3.05, 3.63) is 0 Å². The second kappa shape index (κ2) is 3.06. The summed E-state index contributed by atoms with van der Waals surface area (Å²) in [5.74, 6) is 0. The summed E-state index contributed by atoms with van der Waals surface area (Å²) in [7, 11) is 0. The lowest BCUT2D eigenvalue weighted by Crippen LogP contribution is -2.52. The van der Waals surface area contributed by atoms with E-state index >= 15 is 0 Å². The van der Waals surface area contributed by atoms with E-state index in [0.717, 1.165) is 4.90 Å². The van der Waals surface area contributed by atoms with E-state index in [0.29, 0.717) is 6.61 Å². The Morgan fingerprint density at radius 3 is 2.82 bits per heavy atom. The minimum atomic E-state index is -1.10. The lowest BCUT2D eigenvalue weighted by molar-refractivity contribution is -0.135. The molecule has 1 saturated heterocycles. The SMILES string of the molecule is CC1OCCN(C(=O)O)C1O. The van der Waals surface area contributed by atoms with Gasteiger partial charge < -0.3 is 14.9 Å². The number of hydrogen-bond acceptors (Lipinski definition) is 3. The molecule has 64 valence electrons. The number of rotatable bonds is 0. The highest BCUT2D eigenvalue weighted by molar-refractivity contribution is 5.65. The minimum Gasteiger partial charge on any atom is -0.465 e. The number of aliphatic hydroxyl groups is 1. The molecule has 11 heavy (non-hydrogen) atoms. The van der Waals surface area contributed by atoms with E-state index in [1.165, 1.54) is 0 Å². The molecule has 2 N–H and O–H groups in total. The highest BCUT2D eigenvalue weighted by Gasteiger charge is 2.30. The van der Waals surface area contributed by atoms with Crippen molar-refractivity contribution < 1.29 is 19.7 Å². The Hall–Kier alpha value is -0.810. The fraction of sp³-hybridized carbons (Fsp3) is 0.833. The van der Waals surface area contributed by atoms with Crippen LogP contribution in [0.3, 0.4) is 0 Å². The van der Waals surface area contributed by atoms with Crippen LogP contribution < -0.4 is 0 Å². The third kappa shape index (κ3) is 1.61. The molecule has 0 aliphatic carbocycles. The Kier molecular flexibility index (Phi) is 2.31. The summed E-state index contributed by atoms with van der Waals surface area (Å²) in [6, 6.07) is 0. The fourth-order valence-electron chi connectivity index (χ4n) is 1.02. The maximum atomic E-state index is 10.4. The van der Waals surface area contributed by atoms with Crippen molar-refractivity contribution >= 4 is 6.09 Å². The van der Waals surface area contributed by atoms with Gasteiger partial charge in [-0.2, -0.15) is 0 Å². The van der Waals surface area contributed by atoms with Crippen LogP contribution in [0.2, 0.25) is 0 Å². The van der Waals surface area contributed by atoms with Crippen LogP contribution in [0.1, 0.15) is 6.92 Å². The third-order valence-corrected chi connectivity index (χ3v) is 1.70. The van der Waals surface area contributed by atoms with Gasteiger partial charge in [-0.1, -0.05) is 0 Å². The van der Waals surface area contributed by atoms with Gasteiger partial charge in [-0.3, -0.25) is 4.90 Å². The van der Waals surface area contributed by atoms with E-state index < -0.39 is 18.4 Å². The molecule has 1 rings (SSSR count). The van der Waals surface area contributed by atoms with Crippen molar-refractivity contribution in [1.82, 2.24) is 4.90 Å². The van der Waals surface area contributed by atoms with E-state index in [1.807, 2.05) is 0 Å². The normalized spacial score (nSPS) is 32.0. The van der Waals surface area contributed by atoms with Crippen LogP contribution in [0.25, 0.3) is 0 Å². The minimum absolute atomic E-state index is 0.237. The number of ether oxygens (including phenoxy) is 1. The number of nitrogens with zero attached hydrogens (tertiary/aromatic N) is 1. The molecule has 2 unspecified atom stereocenters. The summed E-state index contributed by atoms with van der Waals surface area (Å²) in [6.07, 6.45) is -2.56. The molecule has 5 heteroatoms. The smallest absolute Gasteiger partial charge is 0.409 e. The number of amides is 1. The zero-order valence-corrected chi connectivity index (χ0v) is 6.23. The maximum Gasteiger partial charge on any atom is 0.409 e. The average Bonchev–Trinajstić information content (AvgIpc) is 1.94. The first kappa shape index (κ1) is 8.29. The van der Waals surface area contributed by atoms with Gasteiger partial charge in [0.1, 0.15) is 0 Å². The Morgan fingerprint density at radius 1 is 1.73 bits per heavy atom. The predicted molar refractivity (Wildman–Crippen MR) is 36.2 cm³/mol. The summed E-state index contributed by atoms with van der Waals surface area (Å²) in [6.45, 7) is 2.23. The average molecular weight is 161 g/mol. The molecule has 0 aromatic heterocycles. The van der Waals surface area contributed by atoms with Gasteiger partial charge >= 0.3 is 6.09 Å². The molecular weight excluding hydrogens is 150 g/mol. The van der Waals surface area contributed by atoms with Gasteiger partial charge in [0, 0.05) is 0 Å². The lowest BCUT2D eigenvalue weighted by Gasteiger charge is -2.34. The number of hydrogen-bond donors (Lipinski definition) is 2. The fourth-order valence-corrected chi connectivity index (χ4v) is 1.02. The summed E-state index contributed by atoms with van der Waals surface area (Å²) in [5.41, 5.74) is 0. The largest absolute Gasteiger partial charge is 0.465 e. The maximum absolute atomic E-state index is 10.4. The van der Waals surface area contributed by atoms with Crippen LogP contribution in [0.4, 0.5) is 4.79 Å². The molecule has 0 aromatic carbocycles. The zero-order chi connectivity index (χ0) is 8.43. The standard InChI is InChI=1S/C6H11NO4/c1-4-5(8)7(6(9)10)2-3-11-4/h4-5,8H,2-3H2,1H3,(H,9,10). The molecule has 1 heterocycles. The number of aliphatic hydroxyl groups excluding tert-OH is 1. The molecule has 1 amide bonds. The predicted octanol–water partition coefficient (Wildman–Crippen LogP) is -0.296. The second-order valence-electron chi connectivity index (χ2n) is 2.47. The molecule has 0 spiro atoms. The van der Waals surface area contributed by atoms with E-state index in [1.54, 1.807) is 6.92 Å². The second-order valence-corrected chi connectivity index (χ2v) is 2.47. The van der Waals surface area contributed by atoms with E-state index in [2.05, 4.69) is 0 Å². The first-order chi connectivity index (χ1) is 5.13. The Balaban J connectivity index is 2.58. The van der Waals surface area contributed by atoms with Crippen LogP contribution >= 0.6 is 0 Å². The first-order valence-corrected chi connectivity index (χ1v) is 3.42. The van der Waals surface area contributed by atoms with Crippen molar-refractivity contribution in [1.29, 1.82) is 0 Å². The molecule has 0 aromatic rings. The molecule has 1 fully saturated rings. The van der Waals surface area contributed by atoms with Gasteiger partial charge in [-0.15, -0.1) is 0 Å². The van der Waals surface area contributed by atoms with Crippen LogP contribution in [-0.2, 0) is 4.74 Å². The molecule has 2 atom stereocenters. The van der Waals surface area contributed by atoms with Gasteiger partial charge in [0.05, 0.1) is 19.3 Å². The topological polar surface area (TPSA) is 70.0 Å². The molecule has 1 aliphatic rings. The zero-order valence-electron chi connectivity index (χ0n) is 6.23. The van der Waals surface area contributed by atoms with Crippen molar-refractivity contribution in [2.45, 2.75) is 19.3 Å². The van der Waals surface area contributed by atoms with E-state index in [4.69, 9.17) is 9.84 Å². The Morgan fingerprint density at radius 2 is 2.36 bits per heavy atom. The van der Waals surface area contributed by atoms with E-state index in [9.17, 15) is 9.90 Å². The molecular formula is C6H11NO4. The summed E-state index contributed by atoms with van der Waals surface area (Å²) < 4.78 is 5.02. The van der Waals surface area contributed by atoms with Crippen LogP contribution in [-0.4, -0.2) is 46.7 Å². The van der Waals surface area contributed by atoms with Crippen molar-refractivity contribution in [2.24, 2.45) is 0 Å². The quantitative estimate of drug-likeness (QED) is 0.512. The highest BCUT2D eigenvalue weighted by atomic mass is 16.5. The Labute approximate surface area is 64.2 Å². The number of carbonyl (C=O) groups is 1. The third-order valence-electron chi connectivity index (χ3n) is 1.70. The van der Waals surface area contributed by atoms with Crippen LogP contribution in [0.15, 0.2) is 0 Å². The molecule has 0 saturated carbocycles. The van der Waals surface area contributed by atoms with Crippen molar-refractivity contribution in [2.75, 3.05) is 13.2 Å². The first-order valence-electron chi connectivity index (χ1n) is 3.42. The van der Waals surface area contributed by atoms with Crippen molar-refractivity contribution in [3.8, 4) is 0 Å². The van der Waals surface area contributed by atoms with Gasteiger partial charge in [0.25, 0.3) is 0 Å².